The normalized spacial score (nSPS) is 24.4. The maximum absolute atomic E-state index is 11.5. The second kappa shape index (κ2) is 3.44. The second-order valence-corrected chi connectivity index (χ2v) is 3.79. The number of esters is 1. The standard InChI is InChI=1S/C10H14O4/c1-10(2)7(13-3)5-6(11)8(10)9(12)14-4/h5,8H,1-4H3. The van der Waals surface area contributed by atoms with E-state index in [2.05, 4.69) is 4.74 Å². The summed E-state index contributed by atoms with van der Waals surface area (Å²) in [5.41, 5.74) is -0.612. The van der Waals surface area contributed by atoms with E-state index in [1.165, 1.54) is 20.3 Å². The number of carbonyl (C=O) groups is 2. The summed E-state index contributed by atoms with van der Waals surface area (Å²) in [5.74, 6) is -1.01. The van der Waals surface area contributed by atoms with Crippen molar-refractivity contribution in [1.82, 2.24) is 0 Å². The fraction of sp³-hybridized carbons (Fsp3) is 0.600. The van der Waals surface area contributed by atoms with Crippen LogP contribution in [-0.4, -0.2) is 26.0 Å². The summed E-state index contributed by atoms with van der Waals surface area (Å²) in [7, 11) is 2.76. The molecule has 1 atom stereocenters. The highest BCUT2D eigenvalue weighted by atomic mass is 16.5. The van der Waals surface area contributed by atoms with Crippen molar-refractivity contribution >= 4 is 11.8 Å². The fourth-order valence-electron chi connectivity index (χ4n) is 1.75. The van der Waals surface area contributed by atoms with Crippen LogP contribution in [0.3, 0.4) is 0 Å². The summed E-state index contributed by atoms with van der Waals surface area (Å²) in [6.45, 7) is 3.57. The number of hydrogen-bond acceptors (Lipinski definition) is 4. The van der Waals surface area contributed by atoms with E-state index in [9.17, 15) is 9.59 Å². The van der Waals surface area contributed by atoms with Crippen LogP contribution in [0.5, 0.6) is 0 Å². The van der Waals surface area contributed by atoms with Gasteiger partial charge in [-0.15, -0.1) is 0 Å². The molecule has 1 aliphatic rings. The van der Waals surface area contributed by atoms with Crippen molar-refractivity contribution in [2.75, 3.05) is 14.2 Å². The first-order valence-corrected chi connectivity index (χ1v) is 4.33. The molecule has 0 radical (unpaired) electrons. The van der Waals surface area contributed by atoms with Crippen molar-refractivity contribution in [3.63, 3.8) is 0 Å². The van der Waals surface area contributed by atoms with Crippen molar-refractivity contribution in [2.24, 2.45) is 11.3 Å². The first kappa shape index (κ1) is 10.8. The van der Waals surface area contributed by atoms with Crippen LogP contribution in [0.4, 0.5) is 0 Å². The van der Waals surface area contributed by atoms with Crippen molar-refractivity contribution in [2.45, 2.75) is 13.8 Å². The monoisotopic (exact) mass is 198 g/mol. The molecule has 0 N–H and O–H groups in total. The Labute approximate surface area is 82.9 Å². The molecule has 0 aromatic rings. The zero-order valence-electron chi connectivity index (χ0n) is 8.79. The molecule has 0 aromatic carbocycles. The van der Waals surface area contributed by atoms with E-state index in [0.29, 0.717) is 5.76 Å². The van der Waals surface area contributed by atoms with Gasteiger partial charge in [-0.2, -0.15) is 0 Å². The SMILES string of the molecule is COC(=O)C1C(=O)C=C(OC)C1(C)C. The molecular formula is C10H14O4. The van der Waals surface area contributed by atoms with Gasteiger partial charge in [-0.1, -0.05) is 13.8 Å². The molecule has 4 nitrogen and oxygen atoms in total. The minimum atomic E-state index is -0.776. The summed E-state index contributed by atoms with van der Waals surface area (Å²) >= 11 is 0. The zero-order chi connectivity index (χ0) is 10.9. The van der Waals surface area contributed by atoms with Gasteiger partial charge in [0.25, 0.3) is 0 Å². The maximum atomic E-state index is 11.5. The quantitative estimate of drug-likeness (QED) is 0.489. The number of carbonyl (C=O) groups excluding carboxylic acids is 2. The Morgan fingerprint density at radius 3 is 2.36 bits per heavy atom. The summed E-state index contributed by atoms with van der Waals surface area (Å²) in [6, 6.07) is 0. The lowest BCUT2D eigenvalue weighted by Crippen LogP contribution is -2.34. The summed E-state index contributed by atoms with van der Waals surface area (Å²) in [5, 5.41) is 0. The van der Waals surface area contributed by atoms with Gasteiger partial charge in [0.15, 0.2) is 5.78 Å². The van der Waals surface area contributed by atoms with Crippen LogP contribution in [-0.2, 0) is 19.1 Å². The van der Waals surface area contributed by atoms with E-state index >= 15 is 0 Å². The van der Waals surface area contributed by atoms with Gasteiger partial charge < -0.3 is 9.47 Å². The Balaban J connectivity index is 3.03. The third-order valence-electron chi connectivity index (χ3n) is 2.57. The van der Waals surface area contributed by atoms with Crippen molar-refractivity contribution in [1.29, 1.82) is 0 Å². The lowest BCUT2D eigenvalue weighted by atomic mass is 9.80. The minimum Gasteiger partial charge on any atom is -0.500 e. The molecule has 0 spiro atoms. The number of rotatable bonds is 2. The van der Waals surface area contributed by atoms with E-state index < -0.39 is 17.3 Å². The molecular weight excluding hydrogens is 184 g/mol. The van der Waals surface area contributed by atoms with E-state index in [1.807, 2.05) is 0 Å². The van der Waals surface area contributed by atoms with Gasteiger partial charge in [0, 0.05) is 11.5 Å². The predicted octanol–water partition coefficient (Wildman–Crippen LogP) is 0.915. The highest BCUT2D eigenvalue weighted by Crippen LogP contribution is 2.42. The first-order chi connectivity index (χ1) is 6.45. The molecule has 1 aliphatic carbocycles. The van der Waals surface area contributed by atoms with Crippen molar-refractivity contribution in [3.05, 3.63) is 11.8 Å². The van der Waals surface area contributed by atoms with E-state index in [0.717, 1.165) is 0 Å². The molecule has 14 heavy (non-hydrogen) atoms. The Hall–Kier alpha value is -1.32. The van der Waals surface area contributed by atoms with E-state index in [-0.39, 0.29) is 5.78 Å². The van der Waals surface area contributed by atoms with Crippen LogP contribution in [0.1, 0.15) is 13.8 Å². The zero-order valence-corrected chi connectivity index (χ0v) is 8.79. The largest absolute Gasteiger partial charge is 0.500 e. The van der Waals surface area contributed by atoms with E-state index in [4.69, 9.17) is 4.74 Å². The molecule has 1 unspecified atom stereocenters. The van der Waals surface area contributed by atoms with Gasteiger partial charge in [-0.3, -0.25) is 9.59 Å². The molecule has 0 aliphatic heterocycles. The van der Waals surface area contributed by atoms with Gasteiger partial charge in [0.05, 0.1) is 14.2 Å². The smallest absolute Gasteiger partial charge is 0.317 e. The van der Waals surface area contributed by atoms with Gasteiger partial charge in [0.2, 0.25) is 0 Å². The molecule has 0 saturated carbocycles. The lowest BCUT2D eigenvalue weighted by Gasteiger charge is -2.26. The number of allylic oxidation sites excluding steroid dienone is 2. The van der Waals surface area contributed by atoms with Crippen molar-refractivity contribution in [3.8, 4) is 0 Å². The summed E-state index contributed by atoms with van der Waals surface area (Å²) < 4.78 is 9.64. The molecule has 0 saturated heterocycles. The third kappa shape index (κ3) is 1.41. The second-order valence-electron chi connectivity index (χ2n) is 3.79. The molecule has 4 heteroatoms. The van der Waals surface area contributed by atoms with Crippen molar-refractivity contribution < 1.29 is 19.1 Å². The Morgan fingerprint density at radius 2 is 2.00 bits per heavy atom. The van der Waals surface area contributed by atoms with E-state index in [1.54, 1.807) is 13.8 Å². The molecule has 1 rings (SSSR count). The Kier molecular flexibility index (Phi) is 2.64. The number of ether oxygens (including phenoxy) is 2. The molecule has 0 amide bonds. The topological polar surface area (TPSA) is 52.6 Å². The minimum absolute atomic E-state index is 0.251. The molecule has 78 valence electrons. The highest BCUT2D eigenvalue weighted by molar-refractivity contribution is 6.08. The first-order valence-electron chi connectivity index (χ1n) is 4.33. The van der Waals surface area contributed by atoms with Gasteiger partial charge >= 0.3 is 5.97 Å². The van der Waals surface area contributed by atoms with Crippen LogP contribution >= 0.6 is 0 Å². The van der Waals surface area contributed by atoms with Crippen LogP contribution in [0.25, 0.3) is 0 Å². The average Bonchev–Trinajstić information content (AvgIpc) is 2.35. The Bertz CT molecular complexity index is 301. The van der Waals surface area contributed by atoms with Crippen LogP contribution < -0.4 is 0 Å². The van der Waals surface area contributed by atoms with Crippen LogP contribution in [0.2, 0.25) is 0 Å². The number of ketones is 1. The molecule has 0 fully saturated rings. The lowest BCUT2D eigenvalue weighted by molar-refractivity contribution is -0.151. The van der Waals surface area contributed by atoms with Gasteiger partial charge in [0.1, 0.15) is 11.7 Å². The molecule has 0 aromatic heterocycles. The molecule has 0 bridgehead atoms. The highest BCUT2D eigenvalue weighted by Gasteiger charge is 2.49. The van der Waals surface area contributed by atoms with Crippen LogP contribution in [0, 0.1) is 11.3 Å². The van der Waals surface area contributed by atoms with Gasteiger partial charge in [-0.25, -0.2) is 0 Å². The fourth-order valence-corrected chi connectivity index (χ4v) is 1.75. The number of methoxy groups -OCH3 is 2. The number of hydrogen-bond donors (Lipinski definition) is 0. The van der Waals surface area contributed by atoms with Gasteiger partial charge in [-0.05, 0) is 0 Å². The Morgan fingerprint density at radius 1 is 1.43 bits per heavy atom. The summed E-state index contributed by atoms with van der Waals surface area (Å²) in [4.78, 5) is 22.9. The summed E-state index contributed by atoms with van der Waals surface area (Å²) in [6.07, 6.45) is 1.36. The molecule has 0 heterocycles. The maximum Gasteiger partial charge on any atom is 0.317 e. The average molecular weight is 198 g/mol. The van der Waals surface area contributed by atoms with Crippen LogP contribution in [0.15, 0.2) is 11.8 Å². The predicted molar refractivity (Wildman–Crippen MR) is 49.4 cm³/mol. The third-order valence-corrected chi connectivity index (χ3v) is 2.57.